The molecule has 1 fully saturated rings. The Morgan fingerprint density at radius 3 is 3.00 bits per heavy atom. The Bertz CT molecular complexity index is 353. The van der Waals surface area contributed by atoms with Crippen molar-refractivity contribution in [2.45, 2.75) is 19.5 Å². The Morgan fingerprint density at radius 2 is 2.31 bits per heavy atom. The molecular formula is C12H20N4. The number of piperazine rings is 1. The number of hydrogen-bond donors (Lipinski definition) is 1. The van der Waals surface area contributed by atoms with Gasteiger partial charge in [-0.1, -0.05) is 6.07 Å². The maximum absolute atomic E-state index is 5.75. The predicted molar refractivity (Wildman–Crippen MR) is 66.4 cm³/mol. The molecule has 0 spiro atoms. The molecule has 0 aliphatic carbocycles. The van der Waals surface area contributed by atoms with Gasteiger partial charge in [-0.3, -0.25) is 0 Å². The highest BCUT2D eigenvalue weighted by Gasteiger charge is 2.23. The first kappa shape index (κ1) is 11.4. The fraction of sp³-hybridized carbons (Fsp3) is 0.583. The monoisotopic (exact) mass is 220 g/mol. The summed E-state index contributed by atoms with van der Waals surface area (Å²) in [7, 11) is 2.16. The summed E-state index contributed by atoms with van der Waals surface area (Å²) in [5, 5.41) is 0. The number of hydrogen-bond acceptors (Lipinski definition) is 4. The first-order chi connectivity index (χ1) is 7.72. The van der Waals surface area contributed by atoms with Gasteiger partial charge in [0.1, 0.15) is 5.82 Å². The molecule has 0 bridgehead atoms. The van der Waals surface area contributed by atoms with Crippen molar-refractivity contribution in [1.82, 2.24) is 9.88 Å². The fourth-order valence-electron chi connectivity index (χ4n) is 2.30. The number of pyridine rings is 1. The molecule has 2 heterocycles. The second kappa shape index (κ2) is 4.80. The van der Waals surface area contributed by atoms with E-state index < -0.39 is 0 Å². The number of aromatic nitrogens is 1. The molecule has 88 valence electrons. The van der Waals surface area contributed by atoms with Crippen LogP contribution < -0.4 is 10.6 Å². The first-order valence-corrected chi connectivity index (χ1v) is 5.81. The molecule has 1 saturated heterocycles. The van der Waals surface area contributed by atoms with E-state index in [1.54, 1.807) is 0 Å². The molecule has 0 radical (unpaired) electrons. The highest BCUT2D eigenvalue weighted by Crippen LogP contribution is 2.21. The van der Waals surface area contributed by atoms with Crippen molar-refractivity contribution in [2.75, 3.05) is 31.6 Å². The van der Waals surface area contributed by atoms with Gasteiger partial charge < -0.3 is 15.5 Å². The second-order valence-corrected chi connectivity index (χ2v) is 4.49. The van der Waals surface area contributed by atoms with Crippen molar-refractivity contribution in [3.05, 3.63) is 23.9 Å². The van der Waals surface area contributed by atoms with Gasteiger partial charge in [0.05, 0.1) is 0 Å². The summed E-state index contributed by atoms with van der Waals surface area (Å²) < 4.78 is 0. The van der Waals surface area contributed by atoms with E-state index in [9.17, 15) is 0 Å². The molecule has 2 N–H and O–H groups in total. The van der Waals surface area contributed by atoms with Crippen molar-refractivity contribution in [2.24, 2.45) is 5.73 Å². The molecule has 16 heavy (non-hydrogen) atoms. The third-order valence-corrected chi connectivity index (χ3v) is 3.19. The van der Waals surface area contributed by atoms with Gasteiger partial charge in [0.15, 0.2) is 0 Å². The number of rotatable bonds is 2. The van der Waals surface area contributed by atoms with E-state index in [0.717, 1.165) is 31.0 Å². The Morgan fingerprint density at radius 1 is 1.50 bits per heavy atom. The van der Waals surface area contributed by atoms with Crippen LogP contribution >= 0.6 is 0 Å². The van der Waals surface area contributed by atoms with Gasteiger partial charge in [0.2, 0.25) is 0 Å². The average Bonchev–Trinajstić information content (AvgIpc) is 2.29. The maximum Gasteiger partial charge on any atom is 0.133 e. The largest absolute Gasteiger partial charge is 0.351 e. The molecule has 0 aromatic carbocycles. The van der Waals surface area contributed by atoms with Crippen molar-refractivity contribution < 1.29 is 0 Å². The van der Waals surface area contributed by atoms with Gasteiger partial charge in [-0.15, -0.1) is 0 Å². The molecular weight excluding hydrogens is 200 g/mol. The lowest BCUT2D eigenvalue weighted by Crippen LogP contribution is -2.51. The Labute approximate surface area is 97.1 Å². The van der Waals surface area contributed by atoms with Gasteiger partial charge in [-0.25, -0.2) is 4.98 Å². The molecule has 4 nitrogen and oxygen atoms in total. The van der Waals surface area contributed by atoms with Crippen LogP contribution in [0.4, 0.5) is 5.82 Å². The molecule has 1 atom stereocenters. The minimum absolute atomic E-state index is 0.499. The zero-order valence-electron chi connectivity index (χ0n) is 10.1. The summed E-state index contributed by atoms with van der Waals surface area (Å²) in [6.07, 6.45) is 1.85. The average molecular weight is 220 g/mol. The highest BCUT2D eigenvalue weighted by molar-refractivity contribution is 5.48. The topological polar surface area (TPSA) is 45.4 Å². The van der Waals surface area contributed by atoms with Gasteiger partial charge in [0.25, 0.3) is 0 Å². The molecule has 1 aromatic heterocycles. The number of nitrogens with zero attached hydrogens (tertiary/aromatic N) is 3. The van der Waals surface area contributed by atoms with Crippen LogP contribution in [-0.4, -0.2) is 42.6 Å². The Kier molecular flexibility index (Phi) is 3.41. The lowest BCUT2D eigenvalue weighted by Gasteiger charge is -2.39. The number of nitrogens with two attached hydrogens (primary N) is 1. The third kappa shape index (κ3) is 2.18. The van der Waals surface area contributed by atoms with Gasteiger partial charge in [-0.2, -0.15) is 0 Å². The van der Waals surface area contributed by atoms with E-state index in [1.807, 2.05) is 12.3 Å². The Hall–Kier alpha value is -1.13. The molecule has 4 heteroatoms. The number of likely N-dealkylation sites (N-methyl/N-ethyl adjacent to an activating group) is 1. The SMILES string of the molecule is CC1CN(C)CCN1c1ncccc1CN. The minimum Gasteiger partial charge on any atom is -0.351 e. The van der Waals surface area contributed by atoms with E-state index in [0.29, 0.717) is 12.6 Å². The summed E-state index contributed by atoms with van der Waals surface area (Å²) in [5.74, 6) is 1.06. The van der Waals surface area contributed by atoms with Gasteiger partial charge >= 0.3 is 0 Å². The van der Waals surface area contributed by atoms with Crippen molar-refractivity contribution in [3.8, 4) is 0 Å². The van der Waals surface area contributed by atoms with Crippen LogP contribution in [-0.2, 0) is 6.54 Å². The smallest absolute Gasteiger partial charge is 0.133 e. The fourth-order valence-corrected chi connectivity index (χ4v) is 2.30. The molecule has 1 unspecified atom stereocenters. The van der Waals surface area contributed by atoms with Crippen molar-refractivity contribution >= 4 is 5.82 Å². The summed E-state index contributed by atoms with van der Waals surface area (Å²) in [5.41, 5.74) is 6.89. The summed E-state index contributed by atoms with van der Waals surface area (Å²) in [6.45, 7) is 6.00. The lowest BCUT2D eigenvalue weighted by atomic mass is 10.1. The van der Waals surface area contributed by atoms with E-state index in [1.165, 1.54) is 0 Å². The van der Waals surface area contributed by atoms with Crippen LogP contribution in [0.2, 0.25) is 0 Å². The van der Waals surface area contributed by atoms with Gasteiger partial charge in [0, 0.05) is 44.0 Å². The van der Waals surface area contributed by atoms with Crippen LogP contribution in [0.5, 0.6) is 0 Å². The van der Waals surface area contributed by atoms with Crippen LogP contribution in [0, 0.1) is 0 Å². The predicted octanol–water partition coefficient (Wildman–Crippen LogP) is 0.681. The van der Waals surface area contributed by atoms with Crippen LogP contribution in [0.15, 0.2) is 18.3 Å². The van der Waals surface area contributed by atoms with E-state index >= 15 is 0 Å². The molecule has 0 amide bonds. The third-order valence-electron chi connectivity index (χ3n) is 3.19. The Balaban J connectivity index is 2.23. The number of anilines is 1. The van der Waals surface area contributed by atoms with E-state index in [-0.39, 0.29) is 0 Å². The first-order valence-electron chi connectivity index (χ1n) is 5.81. The highest BCUT2D eigenvalue weighted by atomic mass is 15.3. The quantitative estimate of drug-likeness (QED) is 0.796. The lowest BCUT2D eigenvalue weighted by molar-refractivity contribution is 0.274. The minimum atomic E-state index is 0.499. The van der Waals surface area contributed by atoms with E-state index in [4.69, 9.17) is 5.73 Å². The van der Waals surface area contributed by atoms with Crippen LogP contribution in [0.25, 0.3) is 0 Å². The van der Waals surface area contributed by atoms with Crippen molar-refractivity contribution in [1.29, 1.82) is 0 Å². The molecule has 0 saturated carbocycles. The molecule has 1 aliphatic heterocycles. The zero-order chi connectivity index (χ0) is 11.5. The summed E-state index contributed by atoms with van der Waals surface area (Å²) >= 11 is 0. The molecule has 1 aromatic rings. The maximum atomic E-state index is 5.75. The zero-order valence-corrected chi connectivity index (χ0v) is 10.1. The van der Waals surface area contributed by atoms with Crippen LogP contribution in [0.1, 0.15) is 12.5 Å². The normalized spacial score (nSPS) is 22.4. The standard InChI is InChI=1S/C12H20N4/c1-10-9-15(2)6-7-16(10)12-11(8-13)4-3-5-14-12/h3-5,10H,6-9,13H2,1-2H3. The second-order valence-electron chi connectivity index (χ2n) is 4.49. The van der Waals surface area contributed by atoms with E-state index in [2.05, 4.69) is 34.8 Å². The molecule has 2 rings (SSSR count). The van der Waals surface area contributed by atoms with Crippen molar-refractivity contribution in [3.63, 3.8) is 0 Å². The molecule has 1 aliphatic rings. The van der Waals surface area contributed by atoms with Crippen LogP contribution in [0.3, 0.4) is 0 Å². The summed E-state index contributed by atoms with van der Waals surface area (Å²) in [4.78, 5) is 9.19. The van der Waals surface area contributed by atoms with Gasteiger partial charge in [-0.05, 0) is 20.0 Å². The summed E-state index contributed by atoms with van der Waals surface area (Å²) in [6, 6.07) is 4.51.